The Morgan fingerprint density at radius 2 is 1.79 bits per heavy atom. The van der Waals surface area contributed by atoms with Gasteiger partial charge in [-0.15, -0.1) is 0 Å². The number of nitrogens with one attached hydrogen (secondary N) is 1. The Balaban J connectivity index is 1.36. The van der Waals surface area contributed by atoms with Gasteiger partial charge < -0.3 is 9.30 Å². The first-order valence-corrected chi connectivity index (χ1v) is 10.1. The number of rotatable bonds is 7. The van der Waals surface area contributed by atoms with E-state index >= 15 is 0 Å². The molecular weight excluding hydrogens is 424 g/mol. The van der Waals surface area contributed by atoms with Gasteiger partial charge in [-0.25, -0.2) is 15.2 Å². The number of hydrogen-bond donors (Lipinski definition) is 1. The van der Waals surface area contributed by atoms with Crippen molar-refractivity contribution in [3.8, 4) is 5.75 Å². The molecule has 0 aliphatic rings. The van der Waals surface area contributed by atoms with Gasteiger partial charge in [0.2, 0.25) is 0 Å². The van der Waals surface area contributed by atoms with Gasteiger partial charge in [0.05, 0.1) is 12.5 Å². The molecule has 33 heavy (non-hydrogen) atoms. The van der Waals surface area contributed by atoms with Gasteiger partial charge in [0.15, 0.2) is 5.52 Å². The first-order chi connectivity index (χ1) is 15.9. The number of hydrogen-bond acceptors (Lipinski definition) is 6. The lowest BCUT2D eigenvalue weighted by Gasteiger charge is -2.08. The third-order valence-electron chi connectivity index (χ3n) is 5.05. The molecule has 0 aliphatic heterocycles. The largest absolute Gasteiger partial charge is 0.489 e. The number of carbonyl (C=O) groups excluding carboxylic acids is 1. The first-order valence-electron chi connectivity index (χ1n) is 10.1. The Morgan fingerprint density at radius 3 is 2.52 bits per heavy atom. The number of aromatic nitrogens is 4. The van der Waals surface area contributed by atoms with Crippen LogP contribution in [0.15, 0.2) is 75.6 Å². The Labute approximate surface area is 188 Å². The number of carbonyl (C=O) groups is 1. The van der Waals surface area contributed by atoms with Crippen LogP contribution >= 0.6 is 0 Å². The summed E-state index contributed by atoms with van der Waals surface area (Å²) < 4.78 is 9.43. The molecule has 2 aromatic heterocycles. The van der Waals surface area contributed by atoms with E-state index in [9.17, 15) is 14.4 Å². The minimum atomic E-state index is -0.513. The summed E-state index contributed by atoms with van der Waals surface area (Å²) in [7, 11) is 2.90. The molecule has 0 radical (unpaired) electrons. The number of fused-ring (bicyclic) bond motifs is 1. The Kier molecular flexibility index (Phi) is 6.16. The summed E-state index contributed by atoms with van der Waals surface area (Å²) in [5.74, 6) is 0.297. The third-order valence-corrected chi connectivity index (χ3v) is 5.05. The van der Waals surface area contributed by atoms with Crippen molar-refractivity contribution < 1.29 is 9.53 Å². The molecule has 10 heteroatoms. The minimum Gasteiger partial charge on any atom is -0.489 e. The molecule has 0 saturated heterocycles. The summed E-state index contributed by atoms with van der Waals surface area (Å²) in [5, 5.41) is 3.96. The van der Waals surface area contributed by atoms with E-state index in [1.165, 1.54) is 35.8 Å². The molecule has 0 atom stereocenters. The molecule has 4 aromatic rings. The molecule has 1 N–H and O–H groups in total. The van der Waals surface area contributed by atoms with Gasteiger partial charge in [0.25, 0.3) is 11.5 Å². The number of hydrazone groups is 1. The molecule has 10 nitrogen and oxygen atoms in total. The van der Waals surface area contributed by atoms with Crippen LogP contribution in [0, 0.1) is 0 Å². The van der Waals surface area contributed by atoms with Crippen molar-refractivity contribution in [1.82, 2.24) is 24.1 Å². The zero-order valence-electron chi connectivity index (χ0n) is 18.1. The van der Waals surface area contributed by atoms with E-state index < -0.39 is 17.2 Å². The molecule has 2 aromatic carbocycles. The Hall–Kier alpha value is -4.47. The number of nitrogens with zero attached hydrogens (tertiary/aromatic N) is 5. The molecule has 0 spiro atoms. The van der Waals surface area contributed by atoms with Crippen LogP contribution in [0.1, 0.15) is 11.1 Å². The summed E-state index contributed by atoms with van der Waals surface area (Å²) in [6.45, 7) is 0.325. The summed E-state index contributed by atoms with van der Waals surface area (Å²) in [6, 6.07) is 17.2. The zero-order chi connectivity index (χ0) is 23.4. The highest BCUT2D eigenvalue weighted by Gasteiger charge is 2.15. The molecule has 0 aliphatic carbocycles. The van der Waals surface area contributed by atoms with E-state index in [2.05, 4.69) is 15.5 Å². The number of ether oxygens (including phenoxy) is 1. The fourth-order valence-electron chi connectivity index (χ4n) is 3.32. The van der Waals surface area contributed by atoms with Crippen LogP contribution in [0.2, 0.25) is 0 Å². The quantitative estimate of drug-likeness (QED) is 0.338. The van der Waals surface area contributed by atoms with Crippen LogP contribution in [-0.4, -0.2) is 30.8 Å². The number of benzene rings is 2. The van der Waals surface area contributed by atoms with E-state index in [0.717, 1.165) is 21.4 Å². The standard InChI is InChI=1S/C23H22N6O4/c1-27-21-20(22(31)28(2)23(27)32)24-15-29(21)13-19(30)26-25-12-16-8-10-18(11-9-16)33-14-17-6-4-3-5-7-17/h3-12,15H,13-14H2,1-2H3,(H,26,30)/b25-12+. The van der Waals surface area contributed by atoms with Gasteiger partial charge in [0, 0.05) is 14.1 Å². The minimum absolute atomic E-state index is 0.116. The van der Waals surface area contributed by atoms with Crippen molar-refractivity contribution in [2.45, 2.75) is 13.2 Å². The van der Waals surface area contributed by atoms with Gasteiger partial charge >= 0.3 is 5.69 Å². The van der Waals surface area contributed by atoms with E-state index in [1.54, 1.807) is 0 Å². The lowest BCUT2D eigenvalue weighted by molar-refractivity contribution is -0.121. The van der Waals surface area contributed by atoms with Gasteiger partial charge in [0.1, 0.15) is 24.5 Å². The van der Waals surface area contributed by atoms with E-state index in [1.807, 2.05) is 54.6 Å². The van der Waals surface area contributed by atoms with Crippen molar-refractivity contribution in [3.05, 3.63) is 92.9 Å². The second-order valence-electron chi connectivity index (χ2n) is 7.39. The normalized spacial score (nSPS) is 11.2. The molecule has 4 rings (SSSR count). The van der Waals surface area contributed by atoms with E-state index in [0.29, 0.717) is 6.61 Å². The topological polar surface area (TPSA) is 113 Å². The number of imidazole rings is 1. The van der Waals surface area contributed by atoms with Gasteiger partial charge in [-0.05, 0) is 35.4 Å². The van der Waals surface area contributed by atoms with Crippen molar-refractivity contribution in [2.75, 3.05) is 0 Å². The van der Waals surface area contributed by atoms with Gasteiger partial charge in [-0.3, -0.25) is 18.7 Å². The molecule has 0 fully saturated rings. The molecule has 168 valence electrons. The predicted molar refractivity (Wildman–Crippen MR) is 123 cm³/mol. The van der Waals surface area contributed by atoms with Crippen molar-refractivity contribution >= 4 is 23.3 Å². The maximum absolute atomic E-state index is 12.3. The number of amides is 1. The molecule has 0 bridgehead atoms. The maximum Gasteiger partial charge on any atom is 0.332 e. The van der Waals surface area contributed by atoms with E-state index in [4.69, 9.17) is 4.74 Å². The van der Waals surface area contributed by atoms with Gasteiger partial charge in [-0.1, -0.05) is 30.3 Å². The Bertz CT molecular complexity index is 1430. The predicted octanol–water partition coefficient (Wildman–Crippen LogP) is 1.16. The van der Waals surface area contributed by atoms with Crippen molar-refractivity contribution in [3.63, 3.8) is 0 Å². The fraction of sp³-hybridized carbons (Fsp3) is 0.174. The first kappa shape index (κ1) is 21.8. The summed E-state index contributed by atoms with van der Waals surface area (Å²) in [6.07, 6.45) is 2.86. The highest BCUT2D eigenvalue weighted by molar-refractivity contribution is 5.83. The second-order valence-corrected chi connectivity index (χ2v) is 7.39. The summed E-state index contributed by atoms with van der Waals surface area (Å²) in [5.41, 5.74) is 3.67. The van der Waals surface area contributed by atoms with Crippen molar-refractivity contribution in [1.29, 1.82) is 0 Å². The Morgan fingerprint density at radius 1 is 1.06 bits per heavy atom. The van der Waals surface area contributed by atoms with Crippen LogP contribution in [0.25, 0.3) is 11.2 Å². The van der Waals surface area contributed by atoms with Crippen LogP contribution < -0.4 is 21.4 Å². The molecule has 0 unspecified atom stereocenters. The van der Waals surface area contributed by atoms with Gasteiger partial charge in [-0.2, -0.15) is 5.10 Å². The maximum atomic E-state index is 12.3. The van der Waals surface area contributed by atoms with Crippen LogP contribution in [0.4, 0.5) is 0 Å². The van der Waals surface area contributed by atoms with Crippen LogP contribution in [0.5, 0.6) is 5.75 Å². The lowest BCUT2D eigenvalue weighted by atomic mass is 10.2. The average molecular weight is 446 g/mol. The summed E-state index contributed by atoms with van der Waals surface area (Å²) in [4.78, 5) is 40.7. The fourth-order valence-corrected chi connectivity index (χ4v) is 3.32. The van der Waals surface area contributed by atoms with Crippen LogP contribution in [0.3, 0.4) is 0 Å². The zero-order valence-corrected chi connectivity index (χ0v) is 18.1. The SMILES string of the molecule is Cn1c(=O)c2ncn(CC(=O)N/N=C/c3ccc(OCc4ccccc4)cc3)c2n(C)c1=O. The molecule has 2 heterocycles. The van der Waals surface area contributed by atoms with Crippen molar-refractivity contribution in [2.24, 2.45) is 19.2 Å². The smallest absolute Gasteiger partial charge is 0.332 e. The second kappa shape index (κ2) is 9.35. The highest BCUT2D eigenvalue weighted by atomic mass is 16.5. The summed E-state index contributed by atoms with van der Waals surface area (Å²) >= 11 is 0. The molecule has 1 amide bonds. The number of aryl methyl sites for hydroxylation is 1. The lowest BCUT2D eigenvalue weighted by Crippen LogP contribution is -2.37. The highest BCUT2D eigenvalue weighted by Crippen LogP contribution is 2.13. The molecule has 0 saturated carbocycles. The van der Waals surface area contributed by atoms with E-state index in [-0.39, 0.29) is 17.7 Å². The molecular formula is C23H22N6O4. The average Bonchev–Trinajstić information content (AvgIpc) is 3.25. The third kappa shape index (κ3) is 4.74. The van der Waals surface area contributed by atoms with Crippen LogP contribution in [-0.2, 0) is 32.0 Å². The monoisotopic (exact) mass is 446 g/mol.